The van der Waals surface area contributed by atoms with Crippen molar-refractivity contribution in [2.75, 3.05) is 0 Å². The molecule has 0 aliphatic carbocycles. The highest BCUT2D eigenvalue weighted by molar-refractivity contribution is 7.09. The Morgan fingerprint density at radius 3 is 2.82 bits per heavy atom. The molecule has 0 saturated heterocycles. The molecule has 1 N–H and O–H groups in total. The number of nitrogens with zero attached hydrogens (tertiary/aromatic N) is 2. The van der Waals surface area contributed by atoms with Crippen molar-refractivity contribution >= 4 is 17.3 Å². The van der Waals surface area contributed by atoms with Gasteiger partial charge in [-0.05, 0) is 13.3 Å². The summed E-state index contributed by atoms with van der Waals surface area (Å²) in [6, 6.07) is 0. The van der Waals surface area contributed by atoms with Crippen molar-refractivity contribution in [2.45, 2.75) is 26.7 Å². The summed E-state index contributed by atoms with van der Waals surface area (Å²) in [4.78, 5) is 19.4. The van der Waals surface area contributed by atoms with Crippen molar-refractivity contribution in [1.82, 2.24) is 9.97 Å². The minimum Gasteiger partial charge on any atom is -0.475 e. The zero-order valence-electron chi connectivity index (χ0n) is 9.56. The van der Waals surface area contributed by atoms with Crippen LogP contribution in [-0.2, 0) is 6.42 Å². The monoisotopic (exact) mass is 252 g/mol. The Hall–Kier alpha value is -1.69. The molecule has 90 valence electrons. The maximum Gasteiger partial charge on any atom is 0.373 e. The van der Waals surface area contributed by atoms with Crippen LogP contribution in [0.25, 0.3) is 11.6 Å². The number of aromatic carboxylic acids is 1. The number of carboxylic acids is 1. The van der Waals surface area contributed by atoms with Crippen molar-refractivity contribution in [3.05, 3.63) is 21.8 Å². The highest BCUT2D eigenvalue weighted by Gasteiger charge is 2.20. The Balaban J connectivity index is 2.43. The van der Waals surface area contributed by atoms with Gasteiger partial charge in [0, 0.05) is 5.38 Å². The lowest BCUT2D eigenvalue weighted by Gasteiger charge is -1.91. The first-order valence-electron chi connectivity index (χ1n) is 5.27. The van der Waals surface area contributed by atoms with Crippen LogP contribution in [0.3, 0.4) is 0 Å². The summed E-state index contributed by atoms with van der Waals surface area (Å²) < 4.78 is 5.26. The first-order chi connectivity index (χ1) is 8.11. The van der Waals surface area contributed by atoms with E-state index in [2.05, 4.69) is 9.97 Å². The summed E-state index contributed by atoms with van der Waals surface area (Å²) in [6.07, 6.45) is 1.41. The minimum absolute atomic E-state index is 0.0764. The first-order valence-corrected chi connectivity index (χ1v) is 6.15. The van der Waals surface area contributed by atoms with Crippen LogP contribution >= 0.6 is 11.3 Å². The number of hydrogen-bond donors (Lipinski definition) is 1. The number of rotatable bonds is 4. The smallest absolute Gasteiger partial charge is 0.373 e. The molecule has 0 aliphatic rings. The molecule has 2 aromatic rings. The number of hydrogen-bond acceptors (Lipinski definition) is 5. The number of aryl methyl sites for hydroxylation is 2. The van der Waals surface area contributed by atoms with Crippen LogP contribution in [0.5, 0.6) is 0 Å². The van der Waals surface area contributed by atoms with Gasteiger partial charge in [0.15, 0.2) is 0 Å². The van der Waals surface area contributed by atoms with Gasteiger partial charge < -0.3 is 9.52 Å². The molecule has 0 spiro atoms. The van der Waals surface area contributed by atoms with Crippen LogP contribution in [0.4, 0.5) is 0 Å². The summed E-state index contributed by atoms with van der Waals surface area (Å²) in [5, 5.41) is 11.7. The standard InChI is InChI=1S/C11H12N2O3S/c1-3-4-7-9(11(14)15)16-10(13-7)8-5-17-6(2)12-8/h5H,3-4H2,1-2H3,(H,14,15). The zero-order chi connectivity index (χ0) is 12.4. The zero-order valence-corrected chi connectivity index (χ0v) is 10.4. The van der Waals surface area contributed by atoms with Gasteiger partial charge in [0.1, 0.15) is 5.69 Å². The molecule has 2 aromatic heterocycles. The summed E-state index contributed by atoms with van der Waals surface area (Å²) in [5.41, 5.74) is 1.08. The number of oxazole rings is 1. The Morgan fingerprint density at radius 2 is 2.29 bits per heavy atom. The summed E-state index contributed by atoms with van der Waals surface area (Å²) in [7, 11) is 0. The van der Waals surface area contributed by atoms with Crippen LogP contribution in [-0.4, -0.2) is 21.0 Å². The molecule has 0 saturated carbocycles. The highest BCUT2D eigenvalue weighted by Crippen LogP contribution is 2.24. The lowest BCUT2D eigenvalue weighted by atomic mass is 10.2. The Morgan fingerprint density at radius 1 is 1.53 bits per heavy atom. The second-order valence-electron chi connectivity index (χ2n) is 3.60. The van der Waals surface area contributed by atoms with E-state index in [9.17, 15) is 4.79 Å². The molecule has 6 heteroatoms. The van der Waals surface area contributed by atoms with E-state index in [0.717, 1.165) is 11.4 Å². The molecular formula is C11H12N2O3S. The maximum atomic E-state index is 11.0. The third-order valence-electron chi connectivity index (χ3n) is 2.22. The lowest BCUT2D eigenvalue weighted by molar-refractivity contribution is 0.0661. The molecule has 2 rings (SSSR count). The molecule has 0 radical (unpaired) electrons. The molecule has 0 aliphatic heterocycles. The lowest BCUT2D eigenvalue weighted by Crippen LogP contribution is -1.99. The van der Waals surface area contributed by atoms with E-state index in [0.29, 0.717) is 17.8 Å². The fraction of sp³-hybridized carbons (Fsp3) is 0.364. The number of carbonyl (C=O) groups is 1. The molecular weight excluding hydrogens is 240 g/mol. The van der Waals surface area contributed by atoms with Gasteiger partial charge in [0.05, 0.1) is 10.7 Å². The fourth-order valence-corrected chi connectivity index (χ4v) is 2.08. The Kier molecular flexibility index (Phi) is 3.23. The average molecular weight is 252 g/mol. The van der Waals surface area contributed by atoms with Crippen LogP contribution in [0, 0.1) is 6.92 Å². The van der Waals surface area contributed by atoms with Crippen LogP contribution in [0.15, 0.2) is 9.80 Å². The van der Waals surface area contributed by atoms with Gasteiger partial charge in [0.2, 0.25) is 11.7 Å². The van der Waals surface area contributed by atoms with Crippen molar-refractivity contribution in [3.8, 4) is 11.6 Å². The quantitative estimate of drug-likeness (QED) is 0.905. The van der Waals surface area contributed by atoms with Crippen molar-refractivity contribution in [2.24, 2.45) is 0 Å². The predicted molar refractivity (Wildman–Crippen MR) is 63.3 cm³/mol. The van der Waals surface area contributed by atoms with E-state index in [1.807, 2.05) is 19.2 Å². The van der Waals surface area contributed by atoms with E-state index in [4.69, 9.17) is 9.52 Å². The van der Waals surface area contributed by atoms with Gasteiger partial charge in [-0.25, -0.2) is 14.8 Å². The molecule has 0 fully saturated rings. The van der Waals surface area contributed by atoms with Gasteiger partial charge >= 0.3 is 5.97 Å². The van der Waals surface area contributed by atoms with E-state index in [1.165, 1.54) is 11.3 Å². The number of carboxylic acid groups (broad SMARTS) is 1. The van der Waals surface area contributed by atoms with E-state index < -0.39 is 5.97 Å². The number of thiazole rings is 1. The molecule has 5 nitrogen and oxygen atoms in total. The Labute approximate surface area is 102 Å². The largest absolute Gasteiger partial charge is 0.475 e. The van der Waals surface area contributed by atoms with Crippen LogP contribution < -0.4 is 0 Å². The minimum atomic E-state index is -1.08. The van der Waals surface area contributed by atoms with Crippen molar-refractivity contribution in [1.29, 1.82) is 0 Å². The average Bonchev–Trinajstić information content (AvgIpc) is 2.85. The maximum absolute atomic E-state index is 11.0. The third-order valence-corrected chi connectivity index (χ3v) is 2.99. The fourth-order valence-electron chi connectivity index (χ4n) is 1.50. The summed E-state index contributed by atoms with van der Waals surface area (Å²) in [6.45, 7) is 3.84. The highest BCUT2D eigenvalue weighted by atomic mass is 32.1. The van der Waals surface area contributed by atoms with Gasteiger partial charge in [-0.2, -0.15) is 0 Å². The van der Waals surface area contributed by atoms with Gasteiger partial charge in [-0.3, -0.25) is 0 Å². The van der Waals surface area contributed by atoms with Gasteiger partial charge in [-0.1, -0.05) is 13.3 Å². The van der Waals surface area contributed by atoms with Gasteiger partial charge in [0.25, 0.3) is 0 Å². The molecule has 0 bridgehead atoms. The second-order valence-corrected chi connectivity index (χ2v) is 4.66. The van der Waals surface area contributed by atoms with Gasteiger partial charge in [-0.15, -0.1) is 11.3 Å². The SMILES string of the molecule is CCCc1nc(-c2csc(C)n2)oc1C(=O)O. The summed E-state index contributed by atoms with van der Waals surface area (Å²) in [5.74, 6) is -0.873. The summed E-state index contributed by atoms with van der Waals surface area (Å²) >= 11 is 1.48. The molecule has 2 heterocycles. The number of aromatic nitrogens is 2. The van der Waals surface area contributed by atoms with Crippen molar-refractivity contribution in [3.63, 3.8) is 0 Å². The van der Waals surface area contributed by atoms with E-state index in [-0.39, 0.29) is 11.7 Å². The third kappa shape index (κ3) is 2.36. The van der Waals surface area contributed by atoms with Crippen LogP contribution in [0.2, 0.25) is 0 Å². The molecule has 0 unspecified atom stereocenters. The molecule has 0 amide bonds. The molecule has 17 heavy (non-hydrogen) atoms. The van der Waals surface area contributed by atoms with Crippen molar-refractivity contribution < 1.29 is 14.3 Å². The molecule has 0 atom stereocenters. The topological polar surface area (TPSA) is 76.2 Å². The van der Waals surface area contributed by atoms with E-state index in [1.54, 1.807) is 0 Å². The Bertz CT molecular complexity index is 545. The predicted octanol–water partition coefficient (Wildman–Crippen LogP) is 2.76. The van der Waals surface area contributed by atoms with E-state index >= 15 is 0 Å². The second kappa shape index (κ2) is 4.67. The molecule has 0 aromatic carbocycles. The normalized spacial score (nSPS) is 10.7. The van der Waals surface area contributed by atoms with Crippen LogP contribution in [0.1, 0.15) is 34.6 Å². The first kappa shape index (κ1) is 11.8.